The highest BCUT2D eigenvalue weighted by Gasteiger charge is 2.22. The Morgan fingerprint density at radius 3 is 2.65 bits per heavy atom. The molecule has 0 aliphatic rings. The van der Waals surface area contributed by atoms with Crippen LogP contribution in [0.4, 0.5) is 0 Å². The second-order valence-corrected chi connectivity index (χ2v) is 5.85. The lowest BCUT2D eigenvalue weighted by Gasteiger charge is -2.17. The van der Waals surface area contributed by atoms with Crippen molar-refractivity contribution in [2.75, 3.05) is 13.7 Å². The van der Waals surface area contributed by atoms with Gasteiger partial charge in [-0.3, -0.25) is 4.79 Å². The van der Waals surface area contributed by atoms with Gasteiger partial charge in [0.1, 0.15) is 18.1 Å². The van der Waals surface area contributed by atoms with Gasteiger partial charge in [-0.05, 0) is 34.0 Å². The summed E-state index contributed by atoms with van der Waals surface area (Å²) in [6, 6.07) is 17.1. The zero-order chi connectivity index (χ0) is 18.2. The number of nitrogens with zero attached hydrogens (tertiary/aromatic N) is 4. The normalized spacial score (nSPS) is 11.7. The fourth-order valence-electron chi connectivity index (χ4n) is 2.80. The third-order valence-electron chi connectivity index (χ3n) is 4.14. The summed E-state index contributed by atoms with van der Waals surface area (Å²) in [5.41, 5.74) is 2.10. The van der Waals surface area contributed by atoms with Crippen LogP contribution in [0.15, 0.2) is 60.9 Å². The lowest BCUT2D eigenvalue weighted by atomic mass is 10.1. The first-order valence-corrected chi connectivity index (χ1v) is 8.44. The van der Waals surface area contributed by atoms with E-state index in [1.165, 1.54) is 11.0 Å². The molecule has 3 rings (SSSR count). The largest absolute Gasteiger partial charge is 0.496 e. The van der Waals surface area contributed by atoms with Gasteiger partial charge < -0.3 is 10.1 Å². The van der Waals surface area contributed by atoms with E-state index in [2.05, 4.69) is 20.8 Å². The second-order valence-electron chi connectivity index (χ2n) is 5.85. The Morgan fingerprint density at radius 2 is 1.92 bits per heavy atom. The molecule has 0 radical (unpaired) electrons. The molecule has 0 unspecified atom stereocenters. The Hall–Kier alpha value is -3.22. The molecule has 0 fully saturated rings. The molecule has 2 aromatic carbocycles. The molecule has 0 aliphatic heterocycles. The first-order valence-electron chi connectivity index (χ1n) is 8.44. The van der Waals surface area contributed by atoms with Crippen LogP contribution in [-0.2, 0) is 17.6 Å². The maximum atomic E-state index is 12.7. The summed E-state index contributed by atoms with van der Waals surface area (Å²) in [5, 5.41) is 14.2. The number of hydrogen-bond donors (Lipinski definition) is 1. The monoisotopic (exact) mass is 351 g/mol. The van der Waals surface area contributed by atoms with Gasteiger partial charge in [0.15, 0.2) is 0 Å². The van der Waals surface area contributed by atoms with Crippen LogP contribution < -0.4 is 10.1 Å². The molecule has 7 heteroatoms. The standard InChI is InChI=1S/C19H21N5O2/c1-26-18-10-6-5-9-16(18)11-12-20-19(25)17(24-14-21-22-23-24)13-15-7-3-2-4-8-15/h2-10,14,17H,11-13H2,1H3,(H,20,25)/t17-/m1/s1. The molecule has 7 nitrogen and oxygen atoms in total. The maximum absolute atomic E-state index is 12.7. The quantitative estimate of drug-likeness (QED) is 0.669. The number of amides is 1. The molecule has 0 saturated carbocycles. The molecule has 0 bridgehead atoms. The highest BCUT2D eigenvalue weighted by atomic mass is 16.5. The number of hydrogen-bond acceptors (Lipinski definition) is 5. The van der Waals surface area contributed by atoms with Gasteiger partial charge in [0.05, 0.1) is 7.11 Å². The average Bonchev–Trinajstić information content (AvgIpc) is 3.21. The van der Waals surface area contributed by atoms with Gasteiger partial charge in [-0.1, -0.05) is 48.5 Å². The van der Waals surface area contributed by atoms with Crippen molar-refractivity contribution in [1.82, 2.24) is 25.5 Å². The fourth-order valence-corrected chi connectivity index (χ4v) is 2.80. The van der Waals surface area contributed by atoms with Gasteiger partial charge in [-0.15, -0.1) is 5.10 Å². The number of ether oxygens (including phenoxy) is 1. The third kappa shape index (κ3) is 4.44. The van der Waals surface area contributed by atoms with Crippen molar-refractivity contribution in [3.8, 4) is 5.75 Å². The molecule has 134 valence electrons. The zero-order valence-corrected chi connectivity index (χ0v) is 14.6. The Kier molecular flexibility index (Phi) is 5.92. The maximum Gasteiger partial charge on any atom is 0.245 e. The van der Waals surface area contributed by atoms with Crippen LogP contribution in [0.5, 0.6) is 5.75 Å². The number of carbonyl (C=O) groups is 1. The minimum atomic E-state index is -0.495. The van der Waals surface area contributed by atoms with Crippen LogP contribution in [0.3, 0.4) is 0 Å². The van der Waals surface area contributed by atoms with E-state index in [1.807, 2.05) is 54.6 Å². The minimum Gasteiger partial charge on any atom is -0.496 e. The first kappa shape index (κ1) is 17.6. The minimum absolute atomic E-state index is 0.115. The Labute approximate surface area is 152 Å². The molecule has 26 heavy (non-hydrogen) atoms. The summed E-state index contributed by atoms with van der Waals surface area (Å²) in [7, 11) is 1.64. The Morgan fingerprint density at radius 1 is 1.15 bits per heavy atom. The number of para-hydroxylation sites is 1. The number of benzene rings is 2. The summed E-state index contributed by atoms with van der Waals surface area (Å²) in [4.78, 5) is 12.7. The highest BCUT2D eigenvalue weighted by molar-refractivity contribution is 5.80. The van der Waals surface area contributed by atoms with Crippen molar-refractivity contribution in [2.24, 2.45) is 0 Å². The van der Waals surface area contributed by atoms with Crippen LogP contribution in [-0.4, -0.2) is 39.8 Å². The van der Waals surface area contributed by atoms with Crippen LogP contribution in [0.2, 0.25) is 0 Å². The number of nitrogens with one attached hydrogen (secondary N) is 1. The molecule has 1 heterocycles. The van der Waals surface area contributed by atoms with Crippen LogP contribution in [0.1, 0.15) is 17.2 Å². The molecule has 1 N–H and O–H groups in total. The summed E-state index contributed by atoms with van der Waals surface area (Å²) in [5.74, 6) is 0.708. The number of carbonyl (C=O) groups excluding carboxylic acids is 1. The smallest absolute Gasteiger partial charge is 0.245 e. The van der Waals surface area contributed by atoms with Crippen molar-refractivity contribution >= 4 is 5.91 Å². The zero-order valence-electron chi connectivity index (χ0n) is 14.6. The molecule has 0 spiro atoms. The average molecular weight is 351 g/mol. The van der Waals surface area contributed by atoms with E-state index >= 15 is 0 Å². The van der Waals surface area contributed by atoms with Gasteiger partial charge in [-0.25, -0.2) is 4.68 Å². The van der Waals surface area contributed by atoms with Crippen molar-refractivity contribution in [3.63, 3.8) is 0 Å². The van der Waals surface area contributed by atoms with E-state index in [0.29, 0.717) is 19.4 Å². The molecule has 1 aromatic heterocycles. The molecule has 0 saturated heterocycles. The van der Waals surface area contributed by atoms with E-state index in [1.54, 1.807) is 7.11 Å². The summed E-state index contributed by atoms with van der Waals surface area (Å²) < 4.78 is 6.84. The number of rotatable bonds is 8. The van der Waals surface area contributed by atoms with E-state index in [-0.39, 0.29) is 5.91 Å². The van der Waals surface area contributed by atoms with Gasteiger partial charge in [-0.2, -0.15) is 0 Å². The molecular weight excluding hydrogens is 330 g/mol. The summed E-state index contributed by atoms with van der Waals surface area (Å²) in [6.45, 7) is 0.507. The second kappa shape index (κ2) is 8.75. The SMILES string of the molecule is COc1ccccc1CCNC(=O)[C@@H](Cc1ccccc1)n1cnnn1. The molecule has 0 aliphatic carbocycles. The van der Waals surface area contributed by atoms with Gasteiger partial charge in [0.25, 0.3) is 0 Å². The lowest BCUT2D eigenvalue weighted by Crippen LogP contribution is -2.35. The van der Waals surface area contributed by atoms with Crippen molar-refractivity contribution in [2.45, 2.75) is 18.9 Å². The predicted octanol–water partition coefficient (Wildman–Crippen LogP) is 1.82. The van der Waals surface area contributed by atoms with E-state index < -0.39 is 6.04 Å². The lowest BCUT2D eigenvalue weighted by molar-refractivity contribution is -0.124. The molecule has 3 aromatic rings. The Bertz CT molecular complexity index is 821. The van der Waals surface area contributed by atoms with Crippen LogP contribution in [0, 0.1) is 0 Å². The molecule has 1 amide bonds. The third-order valence-corrected chi connectivity index (χ3v) is 4.14. The topological polar surface area (TPSA) is 81.9 Å². The number of aromatic nitrogens is 4. The molecule has 1 atom stereocenters. The van der Waals surface area contributed by atoms with Crippen molar-refractivity contribution < 1.29 is 9.53 Å². The first-order chi connectivity index (χ1) is 12.8. The fraction of sp³-hybridized carbons (Fsp3) is 0.263. The molecular formula is C19H21N5O2. The summed E-state index contributed by atoms with van der Waals surface area (Å²) in [6.07, 6.45) is 2.67. The van der Waals surface area contributed by atoms with Crippen LogP contribution in [0.25, 0.3) is 0 Å². The number of methoxy groups -OCH3 is 1. The van der Waals surface area contributed by atoms with E-state index in [0.717, 1.165) is 16.9 Å². The van der Waals surface area contributed by atoms with Gasteiger partial charge in [0, 0.05) is 13.0 Å². The predicted molar refractivity (Wildman–Crippen MR) is 96.7 cm³/mol. The van der Waals surface area contributed by atoms with Gasteiger partial charge >= 0.3 is 0 Å². The van der Waals surface area contributed by atoms with E-state index in [4.69, 9.17) is 4.74 Å². The Balaban J connectivity index is 1.64. The number of tetrazole rings is 1. The van der Waals surface area contributed by atoms with Crippen molar-refractivity contribution in [3.05, 3.63) is 72.1 Å². The van der Waals surface area contributed by atoms with Gasteiger partial charge in [0.2, 0.25) is 5.91 Å². The van der Waals surface area contributed by atoms with Crippen LogP contribution >= 0.6 is 0 Å². The highest BCUT2D eigenvalue weighted by Crippen LogP contribution is 2.17. The van der Waals surface area contributed by atoms with Crippen molar-refractivity contribution in [1.29, 1.82) is 0 Å². The van der Waals surface area contributed by atoms with E-state index in [9.17, 15) is 4.79 Å². The summed E-state index contributed by atoms with van der Waals surface area (Å²) >= 11 is 0.